The van der Waals surface area contributed by atoms with Gasteiger partial charge in [-0.05, 0) is 12.1 Å². The van der Waals surface area contributed by atoms with E-state index in [2.05, 4.69) is 0 Å². The van der Waals surface area contributed by atoms with Gasteiger partial charge in [0.15, 0.2) is 0 Å². The van der Waals surface area contributed by atoms with E-state index < -0.39 is 17.8 Å². The van der Waals surface area contributed by atoms with Crippen LogP contribution in [0.1, 0.15) is 10.4 Å². The van der Waals surface area contributed by atoms with Crippen LogP contribution in [0.15, 0.2) is 18.2 Å². The van der Waals surface area contributed by atoms with Gasteiger partial charge in [0.1, 0.15) is 11.4 Å². The Morgan fingerprint density at radius 3 is 2.57 bits per heavy atom. The molecule has 0 atom stereocenters. The van der Waals surface area contributed by atoms with Crippen LogP contribution in [0.4, 0.5) is 10.5 Å². The lowest BCUT2D eigenvalue weighted by Crippen LogP contribution is -2.11. The molecule has 0 saturated carbocycles. The smallest absolute Gasteiger partial charge is 0.409 e. The summed E-state index contributed by atoms with van der Waals surface area (Å²) in [6, 6.07) is 3.69. The average molecular weight is 199 g/mol. The maximum atomic E-state index is 10.6. The third kappa shape index (κ3) is 1.92. The number of carboxylic acid groups (broad SMARTS) is 2. The Morgan fingerprint density at radius 1 is 1.43 bits per heavy atom. The zero-order valence-corrected chi connectivity index (χ0v) is 6.89. The van der Waals surface area contributed by atoms with Crippen LogP contribution >= 0.6 is 0 Å². The molecule has 0 fully saturated rings. The SMILES string of the molecule is O=C(O)c1cccc(O)c1N[14C](=O)O. The van der Waals surface area contributed by atoms with E-state index in [1.54, 1.807) is 0 Å². The number of aromatic carboxylic acids is 1. The van der Waals surface area contributed by atoms with E-state index in [1.807, 2.05) is 5.32 Å². The highest BCUT2D eigenvalue weighted by atomic mass is 16.7. The van der Waals surface area contributed by atoms with Crippen molar-refractivity contribution in [2.24, 2.45) is 0 Å². The summed E-state index contributed by atoms with van der Waals surface area (Å²) in [7, 11) is 0. The summed E-state index contributed by atoms with van der Waals surface area (Å²) in [6.45, 7) is 0. The summed E-state index contributed by atoms with van der Waals surface area (Å²) in [5, 5.41) is 28.1. The quantitative estimate of drug-likeness (QED) is 0.535. The molecule has 0 aliphatic rings. The lowest BCUT2D eigenvalue weighted by molar-refractivity contribution is 0.0697. The second-order valence-corrected chi connectivity index (χ2v) is 2.44. The zero-order valence-electron chi connectivity index (χ0n) is 6.89. The molecular formula is C8H7NO5. The first-order chi connectivity index (χ1) is 6.52. The first-order valence-electron chi connectivity index (χ1n) is 3.57. The monoisotopic (exact) mass is 199 g/mol. The number of benzene rings is 1. The number of amides is 1. The zero-order chi connectivity index (χ0) is 10.7. The minimum absolute atomic E-state index is 0.299. The molecule has 0 heterocycles. The number of anilines is 1. The molecule has 1 rings (SSSR count). The van der Waals surface area contributed by atoms with Gasteiger partial charge >= 0.3 is 12.1 Å². The van der Waals surface area contributed by atoms with E-state index in [4.69, 9.17) is 10.2 Å². The fourth-order valence-corrected chi connectivity index (χ4v) is 0.957. The summed E-state index contributed by atoms with van der Waals surface area (Å²) in [5.41, 5.74) is -0.625. The van der Waals surface area contributed by atoms with E-state index in [1.165, 1.54) is 18.2 Å². The number of phenols is 1. The number of hydrogen-bond donors (Lipinski definition) is 4. The Labute approximate surface area is 78.4 Å². The van der Waals surface area contributed by atoms with Gasteiger partial charge in [0.2, 0.25) is 0 Å². The van der Waals surface area contributed by atoms with Crippen molar-refractivity contribution in [1.29, 1.82) is 0 Å². The third-order valence-electron chi connectivity index (χ3n) is 1.50. The number of aromatic hydroxyl groups is 1. The van der Waals surface area contributed by atoms with Crippen LogP contribution in [0, 0.1) is 0 Å². The van der Waals surface area contributed by atoms with Gasteiger partial charge in [-0.25, -0.2) is 9.59 Å². The van der Waals surface area contributed by atoms with Gasteiger partial charge in [0.05, 0.1) is 5.56 Å². The first kappa shape index (κ1) is 9.85. The second-order valence-electron chi connectivity index (χ2n) is 2.44. The number of carboxylic acids is 1. The van der Waals surface area contributed by atoms with Crippen molar-refractivity contribution in [3.63, 3.8) is 0 Å². The molecule has 0 saturated heterocycles. The Bertz CT molecular complexity index is 387. The Balaban J connectivity index is 3.22. The van der Waals surface area contributed by atoms with Crippen LogP contribution < -0.4 is 5.32 Å². The van der Waals surface area contributed by atoms with Crippen LogP contribution in [0.5, 0.6) is 5.75 Å². The minimum atomic E-state index is -1.44. The van der Waals surface area contributed by atoms with E-state index in [9.17, 15) is 14.7 Å². The fourth-order valence-electron chi connectivity index (χ4n) is 0.957. The molecule has 74 valence electrons. The number of rotatable bonds is 2. The molecule has 0 unspecified atom stereocenters. The molecule has 14 heavy (non-hydrogen) atoms. The maximum absolute atomic E-state index is 10.6. The molecular weight excluding hydrogens is 192 g/mol. The standard InChI is InChI=1S/C8H7NO5/c10-5-3-1-2-4(7(11)12)6(5)9-8(13)14/h1-3,9-10H,(H,11,12)(H,13,14)/i8+2. The Hall–Kier alpha value is -2.24. The van der Waals surface area contributed by atoms with Crippen molar-refractivity contribution in [3.05, 3.63) is 23.8 Å². The molecule has 0 bridgehead atoms. The van der Waals surface area contributed by atoms with E-state index in [0.717, 1.165) is 0 Å². The highest BCUT2D eigenvalue weighted by Crippen LogP contribution is 2.26. The lowest BCUT2D eigenvalue weighted by Gasteiger charge is -2.06. The third-order valence-corrected chi connectivity index (χ3v) is 1.50. The predicted octanol–water partition coefficient (Wildman–Crippen LogP) is 1.18. The first-order valence-corrected chi connectivity index (χ1v) is 3.57. The lowest BCUT2D eigenvalue weighted by atomic mass is 10.1. The van der Waals surface area contributed by atoms with Crippen LogP contribution in [0.3, 0.4) is 0 Å². The molecule has 6 heteroatoms. The van der Waals surface area contributed by atoms with Gasteiger partial charge < -0.3 is 15.3 Å². The van der Waals surface area contributed by atoms with Crippen LogP contribution in [0.25, 0.3) is 0 Å². The van der Waals surface area contributed by atoms with Gasteiger partial charge in [-0.2, -0.15) is 0 Å². The molecule has 6 nitrogen and oxygen atoms in total. The van der Waals surface area contributed by atoms with Crippen molar-refractivity contribution in [1.82, 2.24) is 0 Å². The van der Waals surface area contributed by atoms with Crippen molar-refractivity contribution >= 4 is 17.7 Å². The molecule has 0 aromatic heterocycles. The van der Waals surface area contributed by atoms with Gasteiger partial charge in [-0.15, -0.1) is 0 Å². The van der Waals surface area contributed by atoms with Crippen molar-refractivity contribution in [2.75, 3.05) is 5.32 Å². The minimum Gasteiger partial charge on any atom is -0.506 e. The summed E-state index contributed by atoms with van der Waals surface area (Å²) < 4.78 is 0. The molecule has 1 amide bonds. The predicted molar refractivity (Wildman–Crippen MR) is 46.7 cm³/mol. The number of para-hydroxylation sites is 1. The van der Waals surface area contributed by atoms with E-state index in [-0.39, 0.29) is 11.3 Å². The summed E-state index contributed by atoms with van der Waals surface area (Å²) in [5.74, 6) is -1.74. The molecule has 4 N–H and O–H groups in total. The normalized spacial score (nSPS) is 9.43. The molecule has 1 aromatic carbocycles. The number of carbonyl (C=O) groups is 2. The average Bonchev–Trinajstić information content (AvgIpc) is 2.07. The topological polar surface area (TPSA) is 107 Å². The van der Waals surface area contributed by atoms with Gasteiger partial charge in [0.25, 0.3) is 0 Å². The van der Waals surface area contributed by atoms with Crippen molar-refractivity contribution < 1.29 is 24.9 Å². The van der Waals surface area contributed by atoms with Gasteiger partial charge in [-0.3, -0.25) is 5.32 Å². The van der Waals surface area contributed by atoms with Crippen molar-refractivity contribution in [2.45, 2.75) is 0 Å². The van der Waals surface area contributed by atoms with E-state index >= 15 is 0 Å². The van der Waals surface area contributed by atoms with Gasteiger partial charge in [0, 0.05) is 0 Å². The molecule has 1 aromatic rings. The number of phenolic OH excluding ortho intramolecular Hbond substituents is 1. The van der Waals surface area contributed by atoms with Crippen LogP contribution in [0.2, 0.25) is 0 Å². The second kappa shape index (κ2) is 3.65. The molecule has 0 aliphatic carbocycles. The summed E-state index contributed by atoms with van der Waals surface area (Å²) in [4.78, 5) is 20.9. The Morgan fingerprint density at radius 2 is 2.07 bits per heavy atom. The number of nitrogens with one attached hydrogen (secondary N) is 1. The highest BCUT2D eigenvalue weighted by Gasteiger charge is 2.15. The number of hydrogen-bond acceptors (Lipinski definition) is 3. The van der Waals surface area contributed by atoms with Crippen LogP contribution in [-0.2, 0) is 0 Å². The Kier molecular flexibility index (Phi) is 2.57. The highest BCUT2D eigenvalue weighted by molar-refractivity contribution is 6.00. The summed E-state index contributed by atoms with van der Waals surface area (Å²) >= 11 is 0. The maximum Gasteiger partial charge on any atom is 0.409 e. The van der Waals surface area contributed by atoms with E-state index in [0.29, 0.717) is 0 Å². The largest absolute Gasteiger partial charge is 0.506 e. The van der Waals surface area contributed by atoms with Crippen molar-refractivity contribution in [3.8, 4) is 5.75 Å². The summed E-state index contributed by atoms with van der Waals surface area (Å²) in [6.07, 6.45) is -1.44. The fraction of sp³-hybridized carbons (Fsp3) is 0. The molecule has 0 spiro atoms. The van der Waals surface area contributed by atoms with Gasteiger partial charge in [-0.1, -0.05) is 6.07 Å². The molecule has 0 aliphatic heterocycles. The molecule has 0 radical (unpaired) electrons. The van der Waals surface area contributed by atoms with Crippen LogP contribution in [-0.4, -0.2) is 27.4 Å².